The Balaban J connectivity index is 0. The van der Waals surface area contributed by atoms with Gasteiger partial charge < -0.3 is 0 Å². The summed E-state index contributed by atoms with van der Waals surface area (Å²) in [5.41, 5.74) is 0. The maximum absolute atomic E-state index is 11.0. The molecule has 0 rings (SSSR count). The van der Waals surface area contributed by atoms with Crippen LogP contribution in [0.15, 0.2) is 12.2 Å². The van der Waals surface area contributed by atoms with Crippen LogP contribution < -0.4 is 0 Å². The van der Waals surface area contributed by atoms with E-state index in [0.717, 1.165) is 6.08 Å². The molecule has 0 saturated carbocycles. The molecule has 0 aromatic carbocycles. The fourth-order valence-corrected chi connectivity index (χ4v) is 0.189. The van der Waals surface area contributed by atoms with E-state index in [1.807, 2.05) is 13.8 Å². The van der Waals surface area contributed by atoms with E-state index in [1.165, 1.54) is 6.92 Å². The molecule has 0 aromatic rings. The first kappa shape index (κ1) is 11.3. The lowest BCUT2D eigenvalue weighted by molar-refractivity contribution is -0.0799. The molecule has 0 aliphatic rings. The van der Waals surface area contributed by atoms with E-state index in [-0.39, 0.29) is 6.08 Å². The molecule has 0 saturated heterocycles. The van der Waals surface area contributed by atoms with Crippen LogP contribution in [0.1, 0.15) is 20.8 Å². The first-order valence-corrected chi connectivity index (χ1v) is 2.77. The quantitative estimate of drug-likeness (QED) is 0.453. The van der Waals surface area contributed by atoms with E-state index < -0.39 is 6.18 Å². The lowest BCUT2D eigenvalue weighted by Crippen LogP contribution is -1.99. The van der Waals surface area contributed by atoms with Crippen LogP contribution in [0, 0.1) is 0 Å². The first-order chi connectivity index (χ1) is 4.06. The van der Waals surface area contributed by atoms with Crippen LogP contribution in [0.3, 0.4) is 0 Å². The molecule has 0 unspecified atom stereocenters. The van der Waals surface area contributed by atoms with Gasteiger partial charge in [0.2, 0.25) is 0 Å². The second kappa shape index (κ2) is 5.66. The second-order valence-corrected chi connectivity index (χ2v) is 1.04. The minimum atomic E-state index is -4.13. The van der Waals surface area contributed by atoms with Gasteiger partial charge in [-0.25, -0.2) is 0 Å². The molecular weight excluding hydrogens is 129 g/mol. The fourth-order valence-electron chi connectivity index (χ4n) is 0.189. The summed E-state index contributed by atoms with van der Waals surface area (Å²) in [4.78, 5) is 0. The summed E-state index contributed by atoms with van der Waals surface area (Å²) in [6.45, 7) is 5.33. The van der Waals surface area contributed by atoms with Crippen molar-refractivity contribution in [3.63, 3.8) is 0 Å². The predicted molar refractivity (Wildman–Crippen MR) is 32.2 cm³/mol. The Morgan fingerprint density at radius 3 is 1.44 bits per heavy atom. The molecule has 0 atom stereocenters. The Kier molecular flexibility index (Phi) is 7.14. The molecule has 56 valence electrons. The number of rotatable bonds is 0. The Hall–Kier alpha value is -0.470. The van der Waals surface area contributed by atoms with Gasteiger partial charge in [-0.05, 0) is 6.92 Å². The Bertz CT molecular complexity index is 70.9. The number of alkyl halides is 3. The van der Waals surface area contributed by atoms with E-state index in [0.29, 0.717) is 0 Å². The van der Waals surface area contributed by atoms with Gasteiger partial charge in [0.1, 0.15) is 0 Å². The lowest BCUT2D eigenvalue weighted by Gasteiger charge is -1.93. The van der Waals surface area contributed by atoms with Gasteiger partial charge in [0.05, 0.1) is 0 Å². The van der Waals surface area contributed by atoms with Crippen molar-refractivity contribution in [1.82, 2.24) is 0 Å². The summed E-state index contributed by atoms with van der Waals surface area (Å²) in [5.74, 6) is 0. The molecule has 0 aliphatic carbocycles. The third-order valence-corrected chi connectivity index (χ3v) is 0.356. The monoisotopic (exact) mass is 140 g/mol. The summed E-state index contributed by atoms with van der Waals surface area (Å²) in [5, 5.41) is 0. The smallest absolute Gasteiger partial charge is 0.167 e. The van der Waals surface area contributed by atoms with Crippen molar-refractivity contribution < 1.29 is 13.2 Å². The summed E-state index contributed by atoms with van der Waals surface area (Å²) in [6.07, 6.45) is -2.98. The number of hydrogen-bond donors (Lipinski definition) is 0. The highest BCUT2D eigenvalue weighted by Crippen LogP contribution is 2.15. The van der Waals surface area contributed by atoms with Crippen molar-refractivity contribution >= 4 is 0 Å². The zero-order valence-corrected chi connectivity index (χ0v) is 5.79. The lowest BCUT2D eigenvalue weighted by atomic mass is 10.5. The van der Waals surface area contributed by atoms with E-state index >= 15 is 0 Å². The molecule has 0 spiro atoms. The molecule has 0 bridgehead atoms. The number of halogens is 3. The van der Waals surface area contributed by atoms with Crippen LogP contribution in [0.5, 0.6) is 0 Å². The molecule has 0 heterocycles. The van der Waals surface area contributed by atoms with Crippen LogP contribution in [-0.2, 0) is 0 Å². The largest absolute Gasteiger partial charge is 0.409 e. The molecule has 0 radical (unpaired) electrons. The molecule has 0 nitrogen and oxygen atoms in total. The van der Waals surface area contributed by atoms with E-state index in [4.69, 9.17) is 0 Å². The van der Waals surface area contributed by atoms with Crippen LogP contribution >= 0.6 is 0 Å². The molecular formula is C6H11F3. The van der Waals surface area contributed by atoms with Gasteiger partial charge >= 0.3 is 6.18 Å². The molecule has 0 N–H and O–H groups in total. The zero-order valence-electron chi connectivity index (χ0n) is 5.79. The zero-order chi connectivity index (χ0) is 7.91. The summed E-state index contributed by atoms with van der Waals surface area (Å²) < 4.78 is 32.9. The van der Waals surface area contributed by atoms with Crippen molar-refractivity contribution in [1.29, 1.82) is 0 Å². The van der Waals surface area contributed by atoms with Gasteiger partial charge in [0, 0.05) is 6.08 Å². The average molecular weight is 140 g/mol. The van der Waals surface area contributed by atoms with E-state index in [9.17, 15) is 13.2 Å². The first-order valence-electron chi connectivity index (χ1n) is 2.77. The van der Waals surface area contributed by atoms with Gasteiger partial charge in [-0.1, -0.05) is 19.9 Å². The predicted octanol–water partition coefficient (Wildman–Crippen LogP) is 3.15. The Labute approximate surface area is 53.4 Å². The standard InChI is InChI=1S/C4H5F3.C2H6/c1-2-3-4(5,6)7;1-2/h2-3H,1H3;1-2H3/b3-2+;. The van der Waals surface area contributed by atoms with Gasteiger partial charge in [0.15, 0.2) is 0 Å². The SMILES string of the molecule is C/C=C/C(F)(F)F.CC. The maximum atomic E-state index is 11.0. The topological polar surface area (TPSA) is 0 Å². The Morgan fingerprint density at radius 1 is 1.11 bits per heavy atom. The summed E-state index contributed by atoms with van der Waals surface area (Å²) in [6, 6.07) is 0. The van der Waals surface area contributed by atoms with E-state index in [2.05, 4.69) is 0 Å². The maximum Gasteiger partial charge on any atom is 0.409 e. The minimum Gasteiger partial charge on any atom is -0.167 e. The van der Waals surface area contributed by atoms with Crippen LogP contribution in [0.2, 0.25) is 0 Å². The average Bonchev–Trinajstić information content (AvgIpc) is 1.69. The van der Waals surface area contributed by atoms with Gasteiger partial charge in [-0.2, -0.15) is 13.2 Å². The van der Waals surface area contributed by atoms with Crippen molar-refractivity contribution in [3.8, 4) is 0 Å². The van der Waals surface area contributed by atoms with Gasteiger partial charge in [0.25, 0.3) is 0 Å². The number of allylic oxidation sites excluding steroid dienone is 2. The van der Waals surface area contributed by atoms with Crippen LogP contribution in [0.25, 0.3) is 0 Å². The molecule has 9 heavy (non-hydrogen) atoms. The molecule has 0 aliphatic heterocycles. The molecule has 0 amide bonds. The van der Waals surface area contributed by atoms with Crippen molar-refractivity contribution in [2.45, 2.75) is 26.9 Å². The van der Waals surface area contributed by atoms with Crippen molar-refractivity contribution in [2.75, 3.05) is 0 Å². The highest BCUT2D eigenvalue weighted by Gasteiger charge is 2.20. The van der Waals surface area contributed by atoms with Crippen LogP contribution in [-0.4, -0.2) is 6.18 Å². The van der Waals surface area contributed by atoms with Crippen LogP contribution in [0.4, 0.5) is 13.2 Å². The van der Waals surface area contributed by atoms with Gasteiger partial charge in [-0.3, -0.25) is 0 Å². The molecule has 0 fully saturated rings. The summed E-state index contributed by atoms with van der Waals surface area (Å²) >= 11 is 0. The Morgan fingerprint density at radius 2 is 1.44 bits per heavy atom. The molecule has 0 aromatic heterocycles. The van der Waals surface area contributed by atoms with Gasteiger partial charge in [-0.15, -0.1) is 0 Å². The second-order valence-electron chi connectivity index (χ2n) is 1.04. The van der Waals surface area contributed by atoms with Crippen molar-refractivity contribution in [3.05, 3.63) is 12.2 Å². The highest BCUT2D eigenvalue weighted by atomic mass is 19.4. The highest BCUT2D eigenvalue weighted by molar-refractivity contribution is 4.84. The fraction of sp³-hybridized carbons (Fsp3) is 0.667. The third-order valence-electron chi connectivity index (χ3n) is 0.356. The summed E-state index contributed by atoms with van der Waals surface area (Å²) in [7, 11) is 0. The third kappa shape index (κ3) is 18.5. The normalized spacial score (nSPS) is 10.9. The number of hydrogen-bond acceptors (Lipinski definition) is 0. The van der Waals surface area contributed by atoms with Crippen molar-refractivity contribution in [2.24, 2.45) is 0 Å². The molecule has 3 heteroatoms. The van der Waals surface area contributed by atoms with E-state index in [1.54, 1.807) is 0 Å². The minimum absolute atomic E-state index is 0.188.